The van der Waals surface area contributed by atoms with E-state index in [0.29, 0.717) is 0 Å². The van der Waals surface area contributed by atoms with Crippen molar-refractivity contribution < 1.29 is 5.11 Å². The second-order valence-electron chi connectivity index (χ2n) is 7.51. The molecule has 0 aromatic heterocycles. The first-order valence-electron chi connectivity index (χ1n) is 9.30. The van der Waals surface area contributed by atoms with Crippen molar-refractivity contribution in [3.8, 4) is 0 Å². The van der Waals surface area contributed by atoms with Crippen molar-refractivity contribution in [3.63, 3.8) is 0 Å². The molecule has 0 amide bonds. The highest BCUT2D eigenvalue weighted by Gasteiger charge is 2.37. The van der Waals surface area contributed by atoms with Gasteiger partial charge in [0.25, 0.3) is 0 Å². The van der Waals surface area contributed by atoms with E-state index in [9.17, 15) is 5.11 Å². The molecule has 2 atom stereocenters. The molecule has 1 N–H and O–H groups in total. The molecule has 119 valence electrons. The van der Waals surface area contributed by atoms with Crippen molar-refractivity contribution in [1.82, 2.24) is 0 Å². The van der Waals surface area contributed by atoms with Crippen LogP contribution < -0.4 is 0 Å². The Bertz CT molecular complexity index is 269. The minimum absolute atomic E-state index is 0. The summed E-state index contributed by atoms with van der Waals surface area (Å²) in [6.07, 6.45) is 20.0. The van der Waals surface area contributed by atoms with Crippen LogP contribution >= 0.6 is 7.92 Å². The Labute approximate surface area is 135 Å². The third-order valence-electron chi connectivity index (χ3n) is 6.03. The van der Waals surface area contributed by atoms with Gasteiger partial charge in [0.05, 0.1) is 6.10 Å². The topological polar surface area (TPSA) is 20.2 Å². The summed E-state index contributed by atoms with van der Waals surface area (Å²) in [5, 5.41) is 10.1. The quantitative estimate of drug-likeness (QED) is 0.571. The number of aliphatic hydroxyl groups is 1. The van der Waals surface area contributed by atoms with Gasteiger partial charge in [0, 0.05) is 8.41 Å². The van der Waals surface area contributed by atoms with Crippen molar-refractivity contribution in [1.29, 1.82) is 0 Å². The molecule has 3 fully saturated rings. The first-order chi connectivity index (χ1) is 9.84. The SMILES string of the molecule is OC1CCCC(P(C2CCCCC2)C2CCCCC2)C1.[B]. The Balaban J connectivity index is 0.00000161. The van der Waals surface area contributed by atoms with E-state index in [-0.39, 0.29) is 22.4 Å². The molecule has 0 saturated heterocycles. The molecule has 3 saturated carbocycles. The molecule has 0 aliphatic heterocycles. The predicted molar refractivity (Wildman–Crippen MR) is 94.7 cm³/mol. The predicted octanol–water partition coefficient (Wildman–Crippen LogP) is 5.06. The second kappa shape index (κ2) is 8.92. The highest BCUT2D eigenvalue weighted by molar-refractivity contribution is 7.60. The third-order valence-corrected chi connectivity index (χ3v) is 10.1. The Hall–Kier alpha value is 0.455. The van der Waals surface area contributed by atoms with Crippen LogP contribution in [0.2, 0.25) is 0 Å². The molecule has 21 heavy (non-hydrogen) atoms. The van der Waals surface area contributed by atoms with E-state index < -0.39 is 0 Å². The van der Waals surface area contributed by atoms with Crippen molar-refractivity contribution >= 4 is 16.3 Å². The van der Waals surface area contributed by atoms with E-state index in [1.807, 2.05) is 0 Å². The zero-order chi connectivity index (χ0) is 13.8. The molecule has 1 nitrogen and oxygen atoms in total. The van der Waals surface area contributed by atoms with E-state index >= 15 is 0 Å². The van der Waals surface area contributed by atoms with Crippen LogP contribution in [0.25, 0.3) is 0 Å². The summed E-state index contributed by atoms with van der Waals surface area (Å²) in [5.41, 5.74) is 3.05. The molecular formula is C18H33BOP. The van der Waals surface area contributed by atoms with Gasteiger partial charge in [-0.05, 0) is 61.9 Å². The first-order valence-corrected chi connectivity index (χ1v) is 10.8. The van der Waals surface area contributed by atoms with Gasteiger partial charge in [0.2, 0.25) is 0 Å². The summed E-state index contributed by atoms with van der Waals surface area (Å²) in [6, 6.07) is 0. The van der Waals surface area contributed by atoms with E-state index in [1.165, 1.54) is 77.0 Å². The molecule has 3 aliphatic rings. The lowest BCUT2D eigenvalue weighted by Crippen LogP contribution is -2.31. The standard InChI is InChI=1S/C18H33OP.B/c19-15-8-7-13-18(14-15)20(16-9-3-1-4-10-16)17-11-5-2-6-12-17;/h15-19H,1-14H2;. The van der Waals surface area contributed by atoms with E-state index in [2.05, 4.69) is 0 Å². The lowest BCUT2D eigenvalue weighted by atomic mass is 9.97. The largest absolute Gasteiger partial charge is 0.393 e. The first kappa shape index (κ1) is 17.8. The highest BCUT2D eigenvalue weighted by atomic mass is 31.1. The molecule has 3 rings (SSSR count). The fraction of sp³-hybridized carbons (Fsp3) is 1.00. The summed E-state index contributed by atoms with van der Waals surface area (Å²) in [6.45, 7) is 0. The number of hydrogen-bond donors (Lipinski definition) is 1. The van der Waals surface area contributed by atoms with Gasteiger partial charge >= 0.3 is 0 Å². The molecule has 0 aromatic carbocycles. The normalized spacial score (nSPS) is 32.9. The van der Waals surface area contributed by atoms with Crippen molar-refractivity contribution in [3.05, 3.63) is 0 Å². The van der Waals surface area contributed by atoms with Gasteiger partial charge in [-0.25, -0.2) is 0 Å². The zero-order valence-electron chi connectivity index (χ0n) is 13.7. The fourth-order valence-corrected chi connectivity index (χ4v) is 9.74. The monoisotopic (exact) mass is 307 g/mol. The van der Waals surface area contributed by atoms with Crippen LogP contribution in [0.3, 0.4) is 0 Å². The Morgan fingerprint density at radius 1 is 0.571 bits per heavy atom. The molecule has 0 aromatic rings. The summed E-state index contributed by atoms with van der Waals surface area (Å²) in [4.78, 5) is 0. The van der Waals surface area contributed by atoms with Gasteiger partial charge in [-0.3, -0.25) is 0 Å². The minimum atomic E-state index is 0. The Morgan fingerprint density at radius 3 is 1.52 bits per heavy atom. The van der Waals surface area contributed by atoms with Crippen LogP contribution in [-0.4, -0.2) is 36.6 Å². The van der Waals surface area contributed by atoms with Crippen LogP contribution in [-0.2, 0) is 0 Å². The Kier molecular flexibility index (Phi) is 7.57. The lowest BCUT2D eigenvalue weighted by molar-refractivity contribution is 0.132. The summed E-state index contributed by atoms with van der Waals surface area (Å²) in [5.74, 6) is 0. The molecule has 3 radical (unpaired) electrons. The second-order valence-corrected chi connectivity index (χ2v) is 10.6. The van der Waals surface area contributed by atoms with Crippen molar-refractivity contribution in [2.24, 2.45) is 0 Å². The number of rotatable bonds is 3. The average Bonchev–Trinajstić information content (AvgIpc) is 2.50. The summed E-state index contributed by atoms with van der Waals surface area (Å²) >= 11 is 0. The molecule has 2 unspecified atom stereocenters. The van der Waals surface area contributed by atoms with Crippen LogP contribution in [0.5, 0.6) is 0 Å². The van der Waals surface area contributed by atoms with Crippen LogP contribution in [0.1, 0.15) is 89.9 Å². The van der Waals surface area contributed by atoms with Crippen molar-refractivity contribution in [2.45, 2.75) is 113 Å². The van der Waals surface area contributed by atoms with Gasteiger partial charge in [0.15, 0.2) is 0 Å². The van der Waals surface area contributed by atoms with Crippen LogP contribution in [0.4, 0.5) is 0 Å². The lowest BCUT2D eigenvalue weighted by Gasteiger charge is -2.45. The summed E-state index contributed by atoms with van der Waals surface area (Å²) < 4.78 is 0. The number of hydrogen-bond acceptors (Lipinski definition) is 1. The molecular weight excluding hydrogens is 274 g/mol. The molecule has 0 bridgehead atoms. The van der Waals surface area contributed by atoms with Crippen LogP contribution in [0, 0.1) is 0 Å². The van der Waals surface area contributed by atoms with Gasteiger partial charge in [0.1, 0.15) is 0 Å². The third kappa shape index (κ3) is 4.71. The van der Waals surface area contributed by atoms with Crippen LogP contribution in [0.15, 0.2) is 0 Å². The maximum absolute atomic E-state index is 10.1. The van der Waals surface area contributed by atoms with E-state index in [0.717, 1.165) is 29.8 Å². The zero-order valence-corrected chi connectivity index (χ0v) is 14.6. The smallest absolute Gasteiger partial charge is 0.0546 e. The van der Waals surface area contributed by atoms with Gasteiger partial charge in [-0.1, -0.05) is 52.9 Å². The summed E-state index contributed by atoms with van der Waals surface area (Å²) in [7, 11) is 0.198. The van der Waals surface area contributed by atoms with E-state index in [1.54, 1.807) is 0 Å². The highest BCUT2D eigenvalue weighted by Crippen LogP contribution is 2.61. The number of aliphatic hydroxyl groups excluding tert-OH is 1. The molecule has 0 spiro atoms. The maximum atomic E-state index is 10.1. The average molecular weight is 307 g/mol. The maximum Gasteiger partial charge on any atom is 0.0546 e. The van der Waals surface area contributed by atoms with Gasteiger partial charge in [-0.15, -0.1) is 0 Å². The Morgan fingerprint density at radius 2 is 1.05 bits per heavy atom. The molecule has 3 aliphatic carbocycles. The van der Waals surface area contributed by atoms with Crippen molar-refractivity contribution in [2.75, 3.05) is 0 Å². The van der Waals surface area contributed by atoms with Gasteiger partial charge < -0.3 is 5.11 Å². The van der Waals surface area contributed by atoms with E-state index in [4.69, 9.17) is 0 Å². The van der Waals surface area contributed by atoms with Gasteiger partial charge in [-0.2, -0.15) is 0 Å². The fourth-order valence-electron chi connectivity index (χ4n) is 5.06. The molecule has 0 heterocycles. The molecule has 3 heteroatoms. The minimum Gasteiger partial charge on any atom is -0.393 e.